The third kappa shape index (κ3) is 7.03. The molecule has 0 aliphatic heterocycles. The number of pyridine rings is 3. The molecule has 0 aliphatic carbocycles. The van der Waals surface area contributed by atoms with E-state index in [1.807, 2.05) is 48.7 Å². The summed E-state index contributed by atoms with van der Waals surface area (Å²) in [5.41, 5.74) is 10.1. The van der Waals surface area contributed by atoms with Crippen molar-refractivity contribution in [2.75, 3.05) is 0 Å². The summed E-state index contributed by atoms with van der Waals surface area (Å²) >= 11 is 1.84. The molecule has 5 aromatic heterocycles. The number of nitrogens with zero attached hydrogens (tertiary/aromatic N) is 3. The molecule has 0 saturated carbocycles. The normalized spacial score (nSPS) is 12.1. The third-order valence-electron chi connectivity index (χ3n) is 9.89. The van der Waals surface area contributed by atoms with E-state index in [1.54, 1.807) is 0 Å². The Kier molecular flexibility index (Phi) is 10.3. The van der Waals surface area contributed by atoms with E-state index >= 15 is 0 Å². The summed E-state index contributed by atoms with van der Waals surface area (Å²) in [6.45, 7) is 13.4. The second-order valence-electron chi connectivity index (χ2n) is 14.4. The van der Waals surface area contributed by atoms with Crippen LogP contribution in [0.5, 0.6) is 0 Å². The van der Waals surface area contributed by atoms with Gasteiger partial charge in [-0.1, -0.05) is 136 Å². The molecule has 265 valence electrons. The molecule has 0 amide bonds. The van der Waals surface area contributed by atoms with Crippen LogP contribution >= 0.6 is 11.3 Å². The molecule has 9 aromatic rings. The Morgan fingerprint density at radius 3 is 2.23 bits per heavy atom. The van der Waals surface area contributed by atoms with Gasteiger partial charge < -0.3 is 19.4 Å². The molecule has 0 saturated heterocycles. The van der Waals surface area contributed by atoms with Crippen molar-refractivity contribution in [3.63, 3.8) is 0 Å². The van der Waals surface area contributed by atoms with Gasteiger partial charge in [-0.2, -0.15) is 11.3 Å². The molecule has 0 bridgehead atoms. The van der Waals surface area contributed by atoms with Crippen molar-refractivity contribution < 1.29 is 24.5 Å². The van der Waals surface area contributed by atoms with E-state index < -0.39 is 8.07 Å². The fourth-order valence-corrected chi connectivity index (χ4v) is 9.21. The maximum absolute atomic E-state index is 6.19. The molecule has 7 heteroatoms. The fraction of sp³-hybridized carbons (Fsp3) is 0.152. The van der Waals surface area contributed by atoms with Crippen LogP contribution in [0.2, 0.25) is 19.6 Å². The van der Waals surface area contributed by atoms with E-state index in [1.165, 1.54) is 42.0 Å². The standard InChI is InChI=1S/C25H19N2O.C21H20NSSi.Ir/c1-16(18-8-4-3-5-9-18)19-12-13-26-22(14-19)21-15-27-17(2)24-20-10-6-7-11-23(20)28-25(21)24;1-14-9-11-16(18-12-10-15(13-22-18)24(2,3)4)21-20(14)17-7-5-6-8-19(17)23-21;/h3-14,16H,1-2H3;5-10,12-13H,1-4H3;/q2*-1;. The summed E-state index contributed by atoms with van der Waals surface area (Å²) < 4.78 is 8.82. The second kappa shape index (κ2) is 14.9. The van der Waals surface area contributed by atoms with Crippen LogP contribution in [-0.4, -0.2) is 23.0 Å². The number of thiophene rings is 1. The topological polar surface area (TPSA) is 51.8 Å². The molecule has 53 heavy (non-hydrogen) atoms. The van der Waals surface area contributed by atoms with Crippen LogP contribution in [0.1, 0.15) is 35.2 Å². The molecule has 0 spiro atoms. The molecule has 1 radical (unpaired) electrons. The molecule has 0 fully saturated rings. The zero-order valence-corrected chi connectivity index (χ0v) is 34.8. The molecule has 0 N–H and O–H groups in total. The summed E-state index contributed by atoms with van der Waals surface area (Å²) in [5.74, 6) is 0.271. The van der Waals surface area contributed by atoms with Crippen LogP contribution in [0.4, 0.5) is 0 Å². The van der Waals surface area contributed by atoms with Crippen molar-refractivity contribution in [2.45, 2.75) is 46.3 Å². The maximum Gasteiger partial charge on any atom is 0.121 e. The first-order valence-corrected chi connectivity index (χ1v) is 22.0. The number of hydrogen-bond acceptors (Lipinski definition) is 5. The van der Waals surface area contributed by atoms with Crippen LogP contribution in [-0.2, 0) is 20.1 Å². The van der Waals surface area contributed by atoms with Gasteiger partial charge in [0, 0.05) is 48.5 Å². The molecule has 0 aliphatic rings. The van der Waals surface area contributed by atoms with Crippen LogP contribution in [0, 0.1) is 26.1 Å². The molecule has 1 atom stereocenters. The van der Waals surface area contributed by atoms with Gasteiger partial charge in [0.15, 0.2) is 0 Å². The minimum Gasteiger partial charge on any atom is -0.500 e. The van der Waals surface area contributed by atoms with Gasteiger partial charge >= 0.3 is 0 Å². The SMILES string of the molecule is Cc1c[c-]c(-c2ccc([Si](C)(C)C)cn2)c2sc3ccccc3c12.Cc1n[c-]c(-c2cc(C(C)c3ccccc3)ccn2)c2oc3ccccc3c12.[Ir]. The molecule has 1 unspecified atom stereocenters. The van der Waals surface area contributed by atoms with Gasteiger partial charge in [0.25, 0.3) is 0 Å². The number of furan rings is 1. The number of rotatable bonds is 5. The van der Waals surface area contributed by atoms with Crippen LogP contribution in [0.15, 0.2) is 126 Å². The zero-order chi connectivity index (χ0) is 36.0. The monoisotopic (exact) mass is 902 g/mol. The largest absolute Gasteiger partial charge is 0.500 e. The van der Waals surface area contributed by atoms with Crippen molar-refractivity contribution >= 4 is 66.7 Å². The van der Waals surface area contributed by atoms with E-state index in [0.717, 1.165) is 50.1 Å². The Labute approximate surface area is 329 Å². The Hall–Kier alpha value is -4.78. The quantitative estimate of drug-likeness (QED) is 0.128. The molecular formula is C46H39IrN3OSSi-2. The van der Waals surface area contributed by atoms with E-state index in [-0.39, 0.29) is 26.0 Å². The summed E-state index contributed by atoms with van der Waals surface area (Å²) in [7, 11) is -1.32. The molecule has 4 nitrogen and oxygen atoms in total. The van der Waals surface area contributed by atoms with Gasteiger partial charge in [0.05, 0.1) is 13.7 Å². The first kappa shape index (κ1) is 36.6. The van der Waals surface area contributed by atoms with E-state index in [0.29, 0.717) is 0 Å². The minimum absolute atomic E-state index is 0. The number of aromatic nitrogens is 3. The van der Waals surface area contributed by atoms with Crippen LogP contribution in [0.3, 0.4) is 0 Å². The predicted octanol–water partition coefficient (Wildman–Crippen LogP) is 12.1. The van der Waals surface area contributed by atoms with Crippen LogP contribution < -0.4 is 5.19 Å². The second-order valence-corrected chi connectivity index (χ2v) is 20.6. The average molecular weight is 902 g/mol. The van der Waals surface area contributed by atoms with E-state index in [4.69, 9.17) is 9.40 Å². The maximum atomic E-state index is 6.19. The molecule has 9 rings (SSSR count). The number of benzene rings is 4. The van der Waals surface area contributed by atoms with E-state index in [9.17, 15) is 0 Å². The summed E-state index contributed by atoms with van der Waals surface area (Å²) in [6, 6.07) is 41.4. The van der Waals surface area contributed by atoms with Gasteiger partial charge in [-0.15, -0.1) is 23.3 Å². The van der Waals surface area contributed by atoms with Crippen molar-refractivity contribution in [1.82, 2.24) is 15.0 Å². The minimum atomic E-state index is -1.32. The van der Waals surface area contributed by atoms with Crippen molar-refractivity contribution in [3.8, 4) is 22.5 Å². The van der Waals surface area contributed by atoms with Crippen molar-refractivity contribution in [2.24, 2.45) is 0 Å². The van der Waals surface area contributed by atoms with E-state index in [2.05, 4.69) is 147 Å². The summed E-state index contributed by atoms with van der Waals surface area (Å²) in [5, 5.41) is 6.19. The van der Waals surface area contributed by atoms with Crippen molar-refractivity contribution in [1.29, 1.82) is 0 Å². The number of para-hydroxylation sites is 1. The number of hydrogen-bond donors (Lipinski definition) is 0. The first-order valence-electron chi connectivity index (χ1n) is 17.7. The third-order valence-corrected chi connectivity index (χ3v) is 13.1. The van der Waals surface area contributed by atoms with Crippen molar-refractivity contribution in [3.05, 3.63) is 156 Å². The van der Waals surface area contributed by atoms with Gasteiger partial charge in [0.2, 0.25) is 0 Å². The smallest absolute Gasteiger partial charge is 0.121 e. The van der Waals surface area contributed by atoms with Crippen LogP contribution in [0.25, 0.3) is 64.6 Å². The van der Waals surface area contributed by atoms with Gasteiger partial charge in [-0.25, -0.2) is 0 Å². The number of aryl methyl sites for hydroxylation is 2. The Balaban J connectivity index is 0.000000163. The molecule has 4 aromatic carbocycles. The Morgan fingerprint density at radius 2 is 1.47 bits per heavy atom. The summed E-state index contributed by atoms with van der Waals surface area (Å²) in [4.78, 5) is 13.9. The van der Waals surface area contributed by atoms with Gasteiger partial charge in [-0.05, 0) is 73.3 Å². The Bertz CT molecular complexity index is 2710. The Morgan fingerprint density at radius 1 is 0.736 bits per heavy atom. The first-order chi connectivity index (χ1) is 25.2. The molecule has 5 heterocycles. The number of fused-ring (bicyclic) bond motifs is 6. The molecular weight excluding hydrogens is 863 g/mol. The van der Waals surface area contributed by atoms with Gasteiger partial charge in [-0.3, -0.25) is 0 Å². The summed E-state index contributed by atoms with van der Waals surface area (Å²) in [6.07, 6.45) is 7.07. The zero-order valence-electron chi connectivity index (χ0n) is 30.6. The predicted molar refractivity (Wildman–Crippen MR) is 221 cm³/mol. The fourth-order valence-electron chi connectivity index (χ4n) is 6.89. The van der Waals surface area contributed by atoms with Gasteiger partial charge in [0.1, 0.15) is 5.58 Å². The average Bonchev–Trinajstić information content (AvgIpc) is 3.76.